The zero-order chi connectivity index (χ0) is 17.0. The SMILES string of the molecule is COC(=O)/C=C1/S/C(=N\N=Cc2c(O)ccc(O)c2Br)NC1=O. The lowest BCUT2D eigenvalue weighted by Crippen LogP contribution is -2.19. The van der Waals surface area contributed by atoms with Gasteiger partial charge < -0.3 is 14.9 Å². The summed E-state index contributed by atoms with van der Waals surface area (Å²) in [5, 5.41) is 29.3. The summed E-state index contributed by atoms with van der Waals surface area (Å²) in [6.45, 7) is 0. The largest absolute Gasteiger partial charge is 0.507 e. The number of amides is 1. The van der Waals surface area contributed by atoms with Crippen molar-refractivity contribution in [2.75, 3.05) is 7.11 Å². The van der Waals surface area contributed by atoms with Crippen molar-refractivity contribution in [3.8, 4) is 11.5 Å². The van der Waals surface area contributed by atoms with Crippen molar-refractivity contribution in [2.24, 2.45) is 10.2 Å². The number of carbonyl (C=O) groups excluding carboxylic acids is 2. The van der Waals surface area contributed by atoms with Gasteiger partial charge in [-0.1, -0.05) is 0 Å². The molecular weight excluding hydrogens is 390 g/mol. The number of rotatable bonds is 3. The third-order valence-electron chi connectivity index (χ3n) is 2.57. The zero-order valence-electron chi connectivity index (χ0n) is 11.6. The smallest absolute Gasteiger partial charge is 0.331 e. The Balaban J connectivity index is 2.16. The molecule has 0 unspecified atom stereocenters. The summed E-state index contributed by atoms with van der Waals surface area (Å²) in [7, 11) is 1.20. The number of ether oxygens (including phenoxy) is 1. The minimum atomic E-state index is -0.652. The van der Waals surface area contributed by atoms with E-state index in [9.17, 15) is 19.8 Å². The maximum Gasteiger partial charge on any atom is 0.331 e. The molecule has 1 aromatic carbocycles. The zero-order valence-corrected chi connectivity index (χ0v) is 14.0. The highest BCUT2D eigenvalue weighted by Crippen LogP contribution is 2.32. The van der Waals surface area contributed by atoms with E-state index >= 15 is 0 Å². The number of halogens is 1. The standard InChI is InChI=1S/C13H10BrN3O5S/c1-22-10(20)4-9-12(21)16-13(23-9)17-15-5-6-7(18)2-3-8(19)11(6)14/h2-5,18-19H,1H3,(H,16,17,21)/b9-4+,15-5?. The quantitative estimate of drug-likeness (QED) is 0.232. The Hall–Kier alpha value is -2.33. The van der Waals surface area contributed by atoms with Crippen LogP contribution in [0.2, 0.25) is 0 Å². The predicted octanol–water partition coefficient (Wildman–Crippen LogP) is 1.47. The van der Waals surface area contributed by atoms with E-state index in [0.29, 0.717) is 0 Å². The van der Waals surface area contributed by atoms with Gasteiger partial charge in [-0.2, -0.15) is 5.10 Å². The van der Waals surface area contributed by atoms with Gasteiger partial charge in [0.05, 0.1) is 28.3 Å². The van der Waals surface area contributed by atoms with Gasteiger partial charge in [0.2, 0.25) is 0 Å². The molecule has 1 aromatic rings. The van der Waals surface area contributed by atoms with Crippen LogP contribution in [0.3, 0.4) is 0 Å². The summed E-state index contributed by atoms with van der Waals surface area (Å²) in [6, 6.07) is 2.62. The van der Waals surface area contributed by atoms with Crippen LogP contribution in [0.1, 0.15) is 5.56 Å². The first-order valence-electron chi connectivity index (χ1n) is 6.02. The summed E-state index contributed by atoms with van der Waals surface area (Å²) in [4.78, 5) is 22.8. The van der Waals surface area contributed by atoms with Gasteiger partial charge in [0.1, 0.15) is 11.5 Å². The number of nitrogens with zero attached hydrogens (tertiary/aromatic N) is 2. The van der Waals surface area contributed by atoms with Crippen molar-refractivity contribution >= 4 is 51.0 Å². The van der Waals surface area contributed by atoms with Gasteiger partial charge in [-0.25, -0.2) is 4.79 Å². The molecule has 0 atom stereocenters. The van der Waals surface area contributed by atoms with E-state index in [-0.39, 0.29) is 31.6 Å². The molecule has 0 saturated carbocycles. The molecule has 1 saturated heterocycles. The van der Waals surface area contributed by atoms with Gasteiger partial charge in [-0.05, 0) is 39.8 Å². The van der Waals surface area contributed by atoms with E-state index in [0.717, 1.165) is 17.8 Å². The highest BCUT2D eigenvalue weighted by Gasteiger charge is 2.25. The van der Waals surface area contributed by atoms with Gasteiger partial charge in [-0.15, -0.1) is 5.10 Å². The molecule has 1 fully saturated rings. The molecule has 1 heterocycles. The lowest BCUT2D eigenvalue weighted by atomic mass is 10.2. The first-order valence-corrected chi connectivity index (χ1v) is 7.63. The van der Waals surface area contributed by atoms with Gasteiger partial charge >= 0.3 is 5.97 Å². The average Bonchev–Trinajstić information content (AvgIpc) is 2.86. The number of phenolic OH excluding ortho intramolecular Hbond substituents is 2. The molecule has 0 bridgehead atoms. The topological polar surface area (TPSA) is 121 Å². The fourth-order valence-corrected chi connectivity index (χ4v) is 2.65. The van der Waals surface area contributed by atoms with Gasteiger partial charge in [0, 0.05) is 6.08 Å². The Kier molecular flexibility index (Phi) is 5.40. The summed E-state index contributed by atoms with van der Waals surface area (Å²) in [5.41, 5.74) is 0.231. The Bertz CT molecular complexity index is 760. The number of hydrogen-bond donors (Lipinski definition) is 3. The summed E-state index contributed by atoms with van der Waals surface area (Å²) >= 11 is 4.04. The minimum absolute atomic E-state index is 0.0660. The van der Waals surface area contributed by atoms with Crippen LogP contribution in [0.25, 0.3) is 0 Å². The van der Waals surface area contributed by atoms with Gasteiger partial charge in [0.25, 0.3) is 5.91 Å². The molecule has 23 heavy (non-hydrogen) atoms. The molecule has 1 aliphatic rings. The van der Waals surface area contributed by atoms with Crippen LogP contribution < -0.4 is 5.32 Å². The van der Waals surface area contributed by atoms with E-state index in [2.05, 4.69) is 36.2 Å². The Morgan fingerprint density at radius 2 is 2.09 bits per heavy atom. The lowest BCUT2D eigenvalue weighted by molar-refractivity contribution is -0.135. The average molecular weight is 400 g/mol. The van der Waals surface area contributed by atoms with Crippen molar-refractivity contribution < 1.29 is 24.5 Å². The first kappa shape index (κ1) is 17.0. The molecule has 0 aromatic heterocycles. The molecule has 120 valence electrons. The van der Waals surface area contributed by atoms with Crippen molar-refractivity contribution in [3.05, 3.63) is 33.2 Å². The molecular formula is C13H10BrN3O5S. The van der Waals surface area contributed by atoms with E-state index in [1.807, 2.05) is 0 Å². The van der Waals surface area contributed by atoms with E-state index in [1.54, 1.807) is 0 Å². The Morgan fingerprint density at radius 3 is 2.78 bits per heavy atom. The normalized spacial score (nSPS) is 17.9. The van der Waals surface area contributed by atoms with Crippen LogP contribution in [0, 0.1) is 0 Å². The first-order chi connectivity index (χ1) is 10.9. The van der Waals surface area contributed by atoms with E-state index in [1.165, 1.54) is 25.5 Å². The summed E-state index contributed by atoms with van der Waals surface area (Å²) in [6.07, 6.45) is 2.25. The number of thioether (sulfide) groups is 1. The number of aromatic hydroxyl groups is 2. The number of phenols is 2. The van der Waals surface area contributed by atoms with Crippen LogP contribution in [0.15, 0.2) is 37.8 Å². The van der Waals surface area contributed by atoms with Crippen LogP contribution in [-0.4, -0.2) is 40.6 Å². The highest BCUT2D eigenvalue weighted by molar-refractivity contribution is 9.10. The molecule has 3 N–H and O–H groups in total. The third-order valence-corrected chi connectivity index (χ3v) is 4.31. The molecule has 0 spiro atoms. The van der Waals surface area contributed by atoms with E-state index < -0.39 is 11.9 Å². The van der Waals surface area contributed by atoms with Gasteiger partial charge in [0.15, 0.2) is 5.17 Å². The summed E-state index contributed by atoms with van der Waals surface area (Å²) < 4.78 is 4.70. The lowest BCUT2D eigenvalue weighted by Gasteiger charge is -2.02. The minimum Gasteiger partial charge on any atom is -0.507 e. The van der Waals surface area contributed by atoms with Crippen LogP contribution in [0.5, 0.6) is 11.5 Å². The summed E-state index contributed by atoms with van der Waals surface area (Å²) in [5.74, 6) is -1.31. The fraction of sp³-hybridized carbons (Fsp3) is 0.0769. The molecule has 8 nitrogen and oxygen atoms in total. The van der Waals surface area contributed by atoms with Crippen LogP contribution in [0.4, 0.5) is 0 Å². The molecule has 0 aliphatic carbocycles. The number of nitrogens with one attached hydrogen (secondary N) is 1. The number of methoxy groups -OCH3 is 1. The fourth-order valence-electron chi connectivity index (χ4n) is 1.47. The van der Waals surface area contributed by atoms with Crippen molar-refractivity contribution in [1.82, 2.24) is 5.32 Å². The highest BCUT2D eigenvalue weighted by atomic mass is 79.9. The molecule has 10 heteroatoms. The Morgan fingerprint density at radius 1 is 1.39 bits per heavy atom. The third kappa shape index (κ3) is 4.11. The number of esters is 1. The van der Waals surface area contributed by atoms with Crippen LogP contribution in [-0.2, 0) is 14.3 Å². The number of benzene rings is 1. The second-order valence-corrected chi connectivity index (χ2v) is 5.89. The molecule has 1 aliphatic heterocycles. The maximum atomic E-state index is 11.6. The van der Waals surface area contributed by atoms with Crippen molar-refractivity contribution in [3.63, 3.8) is 0 Å². The molecule has 2 rings (SSSR count). The second kappa shape index (κ2) is 7.29. The van der Waals surface area contributed by atoms with Crippen LogP contribution >= 0.6 is 27.7 Å². The van der Waals surface area contributed by atoms with Gasteiger partial charge in [-0.3, -0.25) is 10.1 Å². The predicted molar refractivity (Wildman–Crippen MR) is 88.3 cm³/mol. The number of amidine groups is 1. The monoisotopic (exact) mass is 399 g/mol. The number of carbonyl (C=O) groups is 2. The molecule has 1 amide bonds. The Labute approximate surface area is 143 Å². The van der Waals surface area contributed by atoms with Crippen molar-refractivity contribution in [2.45, 2.75) is 0 Å². The van der Waals surface area contributed by atoms with E-state index in [4.69, 9.17) is 0 Å². The number of hydrogen-bond acceptors (Lipinski definition) is 8. The second-order valence-electron chi connectivity index (χ2n) is 4.07. The molecule has 0 radical (unpaired) electrons. The maximum absolute atomic E-state index is 11.6. The van der Waals surface area contributed by atoms with Crippen molar-refractivity contribution in [1.29, 1.82) is 0 Å².